The van der Waals surface area contributed by atoms with Gasteiger partial charge >= 0.3 is 0 Å². The Bertz CT molecular complexity index is 1180. The molecule has 0 aliphatic carbocycles. The number of aromatic nitrogens is 2. The van der Waals surface area contributed by atoms with Crippen molar-refractivity contribution >= 4 is 28.2 Å². The number of hydrogen-bond donors (Lipinski definition) is 1. The number of pyridine rings is 2. The van der Waals surface area contributed by atoms with Gasteiger partial charge in [-0.05, 0) is 48.7 Å². The van der Waals surface area contributed by atoms with Gasteiger partial charge in [0.15, 0.2) is 0 Å². The summed E-state index contributed by atoms with van der Waals surface area (Å²) in [6.07, 6.45) is 5.81. The van der Waals surface area contributed by atoms with Gasteiger partial charge in [0.1, 0.15) is 5.69 Å². The lowest BCUT2D eigenvalue weighted by molar-refractivity contribution is 0.102. The second-order valence-electron chi connectivity index (χ2n) is 7.51. The predicted molar refractivity (Wildman–Crippen MR) is 121 cm³/mol. The van der Waals surface area contributed by atoms with Gasteiger partial charge in [-0.25, -0.2) is 4.98 Å². The van der Waals surface area contributed by atoms with E-state index in [-0.39, 0.29) is 5.91 Å². The number of benzene rings is 2. The molecule has 148 valence electrons. The highest BCUT2D eigenvalue weighted by Crippen LogP contribution is 2.30. The van der Waals surface area contributed by atoms with E-state index in [0.717, 1.165) is 35.1 Å². The lowest BCUT2D eigenvalue weighted by Crippen LogP contribution is -2.17. The molecule has 1 saturated heterocycles. The molecule has 0 unspecified atom stereocenters. The molecular weight excluding hydrogens is 372 g/mol. The Morgan fingerprint density at radius 3 is 2.50 bits per heavy atom. The van der Waals surface area contributed by atoms with Crippen molar-refractivity contribution in [2.75, 3.05) is 23.3 Å². The summed E-state index contributed by atoms with van der Waals surface area (Å²) in [6.45, 7) is 2.26. The molecule has 5 rings (SSSR count). The Kier molecular flexibility index (Phi) is 4.85. The van der Waals surface area contributed by atoms with Crippen molar-refractivity contribution in [3.63, 3.8) is 0 Å². The predicted octanol–water partition coefficient (Wildman–Crippen LogP) is 5.15. The molecule has 30 heavy (non-hydrogen) atoms. The summed E-state index contributed by atoms with van der Waals surface area (Å²) in [6, 6.07) is 22.1. The molecule has 5 heteroatoms. The van der Waals surface area contributed by atoms with Crippen molar-refractivity contribution < 1.29 is 4.79 Å². The van der Waals surface area contributed by atoms with Crippen molar-refractivity contribution in [1.29, 1.82) is 0 Å². The Morgan fingerprint density at radius 1 is 0.900 bits per heavy atom. The number of nitrogens with one attached hydrogen (secondary N) is 1. The highest BCUT2D eigenvalue weighted by molar-refractivity contribution is 6.05. The second kappa shape index (κ2) is 7.95. The van der Waals surface area contributed by atoms with Crippen molar-refractivity contribution in [3.8, 4) is 11.1 Å². The molecule has 1 fully saturated rings. The average Bonchev–Trinajstić information content (AvgIpc) is 3.34. The van der Waals surface area contributed by atoms with Gasteiger partial charge in [0.2, 0.25) is 0 Å². The van der Waals surface area contributed by atoms with Crippen LogP contribution in [0, 0.1) is 0 Å². The standard InChI is InChI=1S/C25H22N4O/c30-25(27-20-6-4-14-26-17-20)23-13-10-19-5-3-7-22(24(19)28-23)18-8-11-21(12-9-18)29-15-1-2-16-29/h3-14,17H,1-2,15-16H2,(H,27,30). The van der Waals surface area contributed by atoms with Crippen molar-refractivity contribution in [1.82, 2.24) is 9.97 Å². The Morgan fingerprint density at radius 2 is 1.73 bits per heavy atom. The topological polar surface area (TPSA) is 58.1 Å². The lowest BCUT2D eigenvalue weighted by atomic mass is 10.0. The number of rotatable bonds is 4. The van der Waals surface area contributed by atoms with Crippen LogP contribution in [-0.2, 0) is 0 Å². The van der Waals surface area contributed by atoms with Crippen molar-refractivity contribution in [2.45, 2.75) is 12.8 Å². The van der Waals surface area contributed by atoms with Crippen LogP contribution in [0.4, 0.5) is 11.4 Å². The largest absolute Gasteiger partial charge is 0.372 e. The molecule has 1 amide bonds. The summed E-state index contributed by atoms with van der Waals surface area (Å²) in [5.41, 5.74) is 5.24. The molecule has 5 nitrogen and oxygen atoms in total. The van der Waals surface area contributed by atoms with Crippen LogP contribution < -0.4 is 10.2 Å². The van der Waals surface area contributed by atoms with Gasteiger partial charge in [0, 0.05) is 35.9 Å². The summed E-state index contributed by atoms with van der Waals surface area (Å²) in [7, 11) is 0. The van der Waals surface area contributed by atoms with Gasteiger partial charge in [-0.2, -0.15) is 0 Å². The fourth-order valence-corrected chi connectivity index (χ4v) is 3.97. The highest BCUT2D eigenvalue weighted by Gasteiger charge is 2.14. The van der Waals surface area contributed by atoms with Gasteiger partial charge in [-0.15, -0.1) is 0 Å². The third-order valence-corrected chi connectivity index (χ3v) is 5.52. The van der Waals surface area contributed by atoms with Crippen LogP contribution >= 0.6 is 0 Å². The molecular formula is C25H22N4O. The van der Waals surface area contributed by atoms with Gasteiger partial charge in [-0.1, -0.05) is 36.4 Å². The van der Waals surface area contributed by atoms with E-state index in [2.05, 4.69) is 45.5 Å². The second-order valence-corrected chi connectivity index (χ2v) is 7.51. The van der Waals surface area contributed by atoms with Gasteiger partial charge < -0.3 is 10.2 Å². The van der Waals surface area contributed by atoms with Gasteiger partial charge in [0.05, 0.1) is 17.4 Å². The number of carbonyl (C=O) groups excluding carboxylic acids is 1. The fourth-order valence-electron chi connectivity index (χ4n) is 3.97. The molecule has 0 atom stereocenters. The summed E-state index contributed by atoms with van der Waals surface area (Å²) < 4.78 is 0. The Hall–Kier alpha value is -3.73. The first-order valence-corrected chi connectivity index (χ1v) is 10.2. The van der Waals surface area contributed by atoms with Crippen LogP contribution in [-0.4, -0.2) is 29.0 Å². The molecule has 2 aromatic carbocycles. The average molecular weight is 394 g/mol. The van der Waals surface area contributed by atoms with Crippen LogP contribution in [0.15, 0.2) is 79.1 Å². The number of carbonyl (C=O) groups is 1. The van der Waals surface area contributed by atoms with Gasteiger partial charge in [0.25, 0.3) is 5.91 Å². The molecule has 3 heterocycles. The minimum absolute atomic E-state index is 0.246. The zero-order chi connectivity index (χ0) is 20.3. The summed E-state index contributed by atoms with van der Waals surface area (Å²) in [5.74, 6) is -0.246. The van der Waals surface area contributed by atoms with E-state index in [0.29, 0.717) is 11.4 Å². The summed E-state index contributed by atoms with van der Waals surface area (Å²) in [4.78, 5) is 23.8. The van der Waals surface area contributed by atoms with Crippen molar-refractivity contribution in [3.05, 3.63) is 84.8 Å². The maximum atomic E-state index is 12.7. The number of nitrogens with zero attached hydrogens (tertiary/aromatic N) is 3. The molecule has 1 aliphatic heterocycles. The zero-order valence-corrected chi connectivity index (χ0v) is 16.6. The molecule has 2 aromatic heterocycles. The molecule has 4 aromatic rings. The van der Waals surface area contributed by atoms with E-state index >= 15 is 0 Å². The van der Waals surface area contributed by atoms with Crippen LogP contribution in [0.1, 0.15) is 23.3 Å². The van der Waals surface area contributed by atoms with Crippen LogP contribution in [0.5, 0.6) is 0 Å². The smallest absolute Gasteiger partial charge is 0.274 e. The molecule has 1 N–H and O–H groups in total. The number of amides is 1. The molecule has 1 aliphatic rings. The number of fused-ring (bicyclic) bond motifs is 1. The minimum atomic E-state index is -0.246. The first-order valence-electron chi connectivity index (χ1n) is 10.2. The first-order chi connectivity index (χ1) is 14.8. The lowest BCUT2D eigenvalue weighted by Gasteiger charge is -2.18. The van der Waals surface area contributed by atoms with Crippen molar-refractivity contribution in [2.24, 2.45) is 0 Å². The number of anilines is 2. The third kappa shape index (κ3) is 3.62. The van der Waals surface area contributed by atoms with E-state index in [4.69, 9.17) is 4.98 Å². The molecule has 0 bridgehead atoms. The van der Waals surface area contributed by atoms with Crippen LogP contribution in [0.3, 0.4) is 0 Å². The van der Waals surface area contributed by atoms with E-state index in [1.54, 1.807) is 30.6 Å². The van der Waals surface area contributed by atoms with E-state index in [9.17, 15) is 4.79 Å². The maximum Gasteiger partial charge on any atom is 0.274 e. The number of hydrogen-bond acceptors (Lipinski definition) is 4. The molecule has 0 radical (unpaired) electrons. The Balaban J connectivity index is 1.48. The fraction of sp³-hybridized carbons (Fsp3) is 0.160. The van der Waals surface area contributed by atoms with Crippen LogP contribution in [0.25, 0.3) is 22.0 Å². The monoisotopic (exact) mass is 394 g/mol. The quantitative estimate of drug-likeness (QED) is 0.520. The normalized spacial score (nSPS) is 13.5. The van der Waals surface area contributed by atoms with Gasteiger partial charge in [-0.3, -0.25) is 9.78 Å². The molecule has 0 saturated carbocycles. The zero-order valence-electron chi connectivity index (χ0n) is 16.6. The van der Waals surface area contributed by atoms with Crippen LogP contribution in [0.2, 0.25) is 0 Å². The minimum Gasteiger partial charge on any atom is -0.372 e. The third-order valence-electron chi connectivity index (χ3n) is 5.52. The summed E-state index contributed by atoms with van der Waals surface area (Å²) >= 11 is 0. The number of para-hydroxylation sites is 1. The van der Waals surface area contributed by atoms with E-state index in [1.807, 2.05) is 18.2 Å². The maximum absolute atomic E-state index is 12.7. The van der Waals surface area contributed by atoms with E-state index < -0.39 is 0 Å². The summed E-state index contributed by atoms with van der Waals surface area (Å²) in [5, 5.41) is 3.86. The molecule has 0 spiro atoms. The Labute approximate surface area is 175 Å². The first kappa shape index (κ1) is 18.3. The SMILES string of the molecule is O=C(Nc1cccnc1)c1ccc2cccc(-c3ccc(N4CCCC4)cc3)c2n1. The van der Waals surface area contributed by atoms with E-state index in [1.165, 1.54) is 18.5 Å². The highest BCUT2D eigenvalue weighted by atomic mass is 16.1.